The van der Waals surface area contributed by atoms with Crippen LogP contribution in [0.15, 0.2) is 77.8 Å². The van der Waals surface area contributed by atoms with Crippen LogP contribution >= 0.6 is 0 Å². The van der Waals surface area contributed by atoms with Gasteiger partial charge in [0, 0.05) is 6.42 Å². The Kier molecular flexibility index (Phi) is 4.08. The summed E-state index contributed by atoms with van der Waals surface area (Å²) in [4.78, 5) is 4.72. The van der Waals surface area contributed by atoms with E-state index in [0.29, 0.717) is 0 Å². The van der Waals surface area contributed by atoms with E-state index in [1.807, 2.05) is 55.5 Å². The molecule has 0 aliphatic carbocycles. The van der Waals surface area contributed by atoms with Crippen molar-refractivity contribution in [3.63, 3.8) is 0 Å². The van der Waals surface area contributed by atoms with Crippen LogP contribution in [-0.2, 0) is 0 Å². The zero-order valence-electron chi connectivity index (χ0n) is 10.6. The third-order valence-electron chi connectivity index (χ3n) is 2.60. The van der Waals surface area contributed by atoms with E-state index >= 15 is 0 Å². The molecule has 2 rings (SSSR count). The summed E-state index contributed by atoms with van der Waals surface area (Å²) < 4.78 is 0. The van der Waals surface area contributed by atoms with Gasteiger partial charge in [0.15, 0.2) is 0 Å². The van der Waals surface area contributed by atoms with Gasteiger partial charge < -0.3 is 0 Å². The van der Waals surface area contributed by atoms with Crippen molar-refractivity contribution in [3.05, 3.63) is 78.4 Å². The highest BCUT2D eigenvalue weighted by Gasteiger charge is 2.03. The van der Waals surface area contributed by atoms with Gasteiger partial charge in [0.2, 0.25) is 0 Å². The zero-order valence-corrected chi connectivity index (χ0v) is 10.6. The van der Waals surface area contributed by atoms with Crippen molar-refractivity contribution in [2.24, 2.45) is 4.99 Å². The Bertz CT molecular complexity index is 538. The van der Waals surface area contributed by atoms with E-state index in [4.69, 9.17) is 4.99 Å². The predicted molar refractivity (Wildman–Crippen MR) is 78.5 cm³/mol. The average molecular weight is 235 g/mol. The Morgan fingerprint density at radius 3 is 2.06 bits per heavy atom. The van der Waals surface area contributed by atoms with Gasteiger partial charge in [0.05, 0.1) is 11.4 Å². The molecule has 18 heavy (non-hydrogen) atoms. The van der Waals surface area contributed by atoms with Gasteiger partial charge in [-0.3, -0.25) is 4.99 Å². The number of benzene rings is 2. The van der Waals surface area contributed by atoms with Crippen LogP contribution in [0.1, 0.15) is 18.9 Å². The Labute approximate surface area is 109 Å². The van der Waals surface area contributed by atoms with Crippen LogP contribution in [0.3, 0.4) is 0 Å². The van der Waals surface area contributed by atoms with E-state index in [2.05, 4.69) is 18.7 Å². The highest BCUT2D eigenvalue weighted by atomic mass is 14.7. The van der Waals surface area contributed by atoms with Crippen molar-refractivity contribution in [1.82, 2.24) is 0 Å². The van der Waals surface area contributed by atoms with Crippen molar-refractivity contribution in [2.45, 2.75) is 13.3 Å². The van der Waals surface area contributed by atoms with E-state index in [-0.39, 0.29) is 0 Å². The molecule has 1 heteroatoms. The highest BCUT2D eigenvalue weighted by Crippen LogP contribution is 2.16. The molecule has 0 unspecified atom stereocenters. The summed E-state index contributed by atoms with van der Waals surface area (Å²) in [6.07, 6.45) is 0.804. The molecule has 0 radical (unpaired) electrons. The number of aliphatic imine (C=N–C) groups is 1. The lowest BCUT2D eigenvalue weighted by Gasteiger charge is -2.07. The first-order valence-electron chi connectivity index (χ1n) is 6.08. The van der Waals surface area contributed by atoms with Crippen LogP contribution in [0.25, 0.3) is 0 Å². The molecule has 2 aromatic carbocycles. The van der Waals surface area contributed by atoms with Gasteiger partial charge in [-0.05, 0) is 24.6 Å². The summed E-state index contributed by atoms with van der Waals surface area (Å²) in [7, 11) is 0. The molecule has 0 saturated carbocycles. The second-order valence-electron chi connectivity index (χ2n) is 4.39. The van der Waals surface area contributed by atoms with Crippen LogP contribution in [0.2, 0.25) is 0 Å². The molecule has 0 aliphatic rings. The lowest BCUT2D eigenvalue weighted by atomic mass is 10.0. The minimum atomic E-state index is 0.804. The van der Waals surface area contributed by atoms with Gasteiger partial charge in [-0.1, -0.05) is 60.7 Å². The number of hydrogen-bond donors (Lipinski definition) is 0. The average Bonchev–Trinajstić information content (AvgIpc) is 2.40. The van der Waals surface area contributed by atoms with Crippen molar-refractivity contribution in [1.29, 1.82) is 0 Å². The molecule has 0 amide bonds. The number of hydrogen-bond acceptors (Lipinski definition) is 1. The number of nitrogens with zero attached hydrogens (tertiary/aromatic N) is 1. The first kappa shape index (κ1) is 12.3. The third kappa shape index (κ3) is 3.42. The van der Waals surface area contributed by atoms with Gasteiger partial charge in [-0.2, -0.15) is 0 Å². The summed E-state index contributed by atoms with van der Waals surface area (Å²) >= 11 is 0. The van der Waals surface area contributed by atoms with Crippen LogP contribution in [-0.4, -0.2) is 5.71 Å². The van der Waals surface area contributed by atoms with Gasteiger partial charge >= 0.3 is 0 Å². The smallest absolute Gasteiger partial charge is 0.0633 e. The van der Waals surface area contributed by atoms with Crippen LogP contribution in [0.4, 0.5) is 5.69 Å². The minimum absolute atomic E-state index is 0.804. The Hall–Kier alpha value is -2.15. The third-order valence-corrected chi connectivity index (χ3v) is 2.60. The van der Waals surface area contributed by atoms with Crippen molar-refractivity contribution in [3.8, 4) is 0 Å². The lowest BCUT2D eigenvalue weighted by Crippen LogP contribution is -2.00. The van der Waals surface area contributed by atoms with Gasteiger partial charge in [-0.25, -0.2) is 0 Å². The monoisotopic (exact) mass is 235 g/mol. The van der Waals surface area contributed by atoms with Gasteiger partial charge in [0.25, 0.3) is 0 Å². The molecule has 0 aromatic heterocycles. The summed E-state index contributed by atoms with van der Waals surface area (Å²) in [6, 6.07) is 20.3. The quantitative estimate of drug-likeness (QED) is 0.534. The van der Waals surface area contributed by atoms with E-state index in [1.165, 1.54) is 0 Å². The maximum atomic E-state index is 4.72. The Morgan fingerprint density at radius 1 is 0.944 bits per heavy atom. The van der Waals surface area contributed by atoms with E-state index in [0.717, 1.165) is 29.0 Å². The topological polar surface area (TPSA) is 12.4 Å². The van der Waals surface area contributed by atoms with Crippen molar-refractivity contribution in [2.75, 3.05) is 0 Å². The highest BCUT2D eigenvalue weighted by molar-refractivity contribution is 6.03. The van der Waals surface area contributed by atoms with Crippen molar-refractivity contribution >= 4 is 11.4 Å². The maximum absolute atomic E-state index is 4.72. The summed E-state index contributed by atoms with van der Waals surface area (Å²) in [5, 5.41) is 0. The van der Waals surface area contributed by atoms with Gasteiger partial charge in [-0.15, -0.1) is 0 Å². The molecular weight excluding hydrogens is 218 g/mol. The van der Waals surface area contributed by atoms with Crippen molar-refractivity contribution < 1.29 is 0 Å². The molecule has 2 aromatic rings. The number of rotatable bonds is 4. The minimum Gasteiger partial charge on any atom is -0.253 e. The summed E-state index contributed by atoms with van der Waals surface area (Å²) in [5.41, 5.74) is 4.32. The first-order chi connectivity index (χ1) is 8.75. The summed E-state index contributed by atoms with van der Waals surface area (Å²) in [5.74, 6) is 0. The molecule has 0 fully saturated rings. The van der Waals surface area contributed by atoms with E-state index < -0.39 is 0 Å². The molecular formula is C17H17N. The largest absolute Gasteiger partial charge is 0.253 e. The molecule has 1 nitrogen and oxygen atoms in total. The maximum Gasteiger partial charge on any atom is 0.0633 e. The molecule has 0 aliphatic heterocycles. The van der Waals surface area contributed by atoms with Crippen LogP contribution in [0.5, 0.6) is 0 Å². The first-order valence-corrected chi connectivity index (χ1v) is 6.08. The number of allylic oxidation sites excluding steroid dienone is 1. The molecule has 0 saturated heterocycles. The fraction of sp³-hybridized carbons (Fsp3) is 0.118. The fourth-order valence-electron chi connectivity index (χ4n) is 1.78. The second-order valence-corrected chi connectivity index (χ2v) is 4.39. The second kappa shape index (κ2) is 5.97. The van der Waals surface area contributed by atoms with Gasteiger partial charge in [0.1, 0.15) is 0 Å². The SMILES string of the molecule is C=C(C)CC(=Nc1ccccc1)c1ccccc1. The molecule has 0 atom stereocenters. The predicted octanol–water partition coefficient (Wildman–Crippen LogP) is 4.77. The molecule has 0 bridgehead atoms. The fourth-order valence-corrected chi connectivity index (χ4v) is 1.78. The Balaban J connectivity index is 2.37. The normalized spacial score (nSPS) is 11.3. The lowest BCUT2D eigenvalue weighted by molar-refractivity contribution is 1.26. The standard InChI is InChI=1S/C17H17N/c1-14(2)13-17(15-9-5-3-6-10-15)18-16-11-7-4-8-12-16/h3-12H,1,13H2,2H3. The van der Waals surface area contributed by atoms with Crippen LogP contribution in [0, 0.1) is 0 Å². The molecule has 90 valence electrons. The molecule has 0 spiro atoms. The van der Waals surface area contributed by atoms with Crippen LogP contribution < -0.4 is 0 Å². The van der Waals surface area contributed by atoms with E-state index in [1.54, 1.807) is 0 Å². The van der Waals surface area contributed by atoms with E-state index in [9.17, 15) is 0 Å². The summed E-state index contributed by atoms with van der Waals surface area (Å²) in [6.45, 7) is 6.01. The molecule has 0 N–H and O–H groups in total. The Morgan fingerprint density at radius 2 is 1.50 bits per heavy atom. The zero-order chi connectivity index (χ0) is 12.8. The molecule has 0 heterocycles. The number of para-hydroxylation sites is 1.